The Bertz CT molecular complexity index is 623. The van der Waals surface area contributed by atoms with E-state index in [1.807, 2.05) is 12.1 Å². The molecule has 0 fully saturated rings. The van der Waals surface area contributed by atoms with Crippen molar-refractivity contribution in [1.29, 1.82) is 0 Å². The van der Waals surface area contributed by atoms with Crippen LogP contribution in [0.2, 0.25) is 10.0 Å². The molecule has 1 aromatic heterocycles. The number of aromatic nitrogens is 1. The largest absolute Gasteiger partial charge is 0.482 e. The summed E-state index contributed by atoms with van der Waals surface area (Å²) in [6, 6.07) is 8.58. The van der Waals surface area contributed by atoms with Gasteiger partial charge in [-0.05, 0) is 30.3 Å². The molecule has 0 aliphatic rings. The van der Waals surface area contributed by atoms with Gasteiger partial charge in [0.2, 0.25) is 0 Å². The molecule has 1 amide bonds. The van der Waals surface area contributed by atoms with Crippen molar-refractivity contribution in [3.05, 3.63) is 52.8 Å². The van der Waals surface area contributed by atoms with E-state index in [0.717, 1.165) is 5.69 Å². The Morgan fingerprint density at radius 1 is 1.23 bits per heavy atom. The predicted molar refractivity (Wildman–Crippen MR) is 87.7 cm³/mol. The normalized spacial score (nSPS) is 10.1. The molecule has 2 aromatic rings. The zero-order chi connectivity index (χ0) is 15.8. The highest BCUT2D eigenvalue weighted by Gasteiger charge is 2.06. The molecule has 0 spiro atoms. The van der Waals surface area contributed by atoms with Crippen LogP contribution in [0.4, 0.5) is 5.69 Å². The first-order chi connectivity index (χ1) is 10.6. The lowest BCUT2D eigenvalue weighted by atomic mass is 10.3. The molecule has 2 N–H and O–H groups in total. The first-order valence-electron chi connectivity index (χ1n) is 6.63. The lowest BCUT2D eigenvalue weighted by molar-refractivity contribution is -0.123. The van der Waals surface area contributed by atoms with Gasteiger partial charge in [0.25, 0.3) is 5.91 Å². The molecule has 0 aliphatic heterocycles. The van der Waals surface area contributed by atoms with Gasteiger partial charge in [-0.3, -0.25) is 9.78 Å². The standard InChI is InChI=1S/C15H15Cl2N3O2/c16-11-3-4-14(13(17)8-11)22-10-15(21)20-7-6-19-12-2-1-5-18-9-12/h1-5,8-9,19H,6-7,10H2,(H,20,21). The van der Waals surface area contributed by atoms with E-state index >= 15 is 0 Å². The van der Waals surface area contributed by atoms with E-state index in [4.69, 9.17) is 27.9 Å². The molecular weight excluding hydrogens is 325 g/mol. The third-order valence-electron chi connectivity index (χ3n) is 2.69. The lowest BCUT2D eigenvalue weighted by Crippen LogP contribution is -2.32. The molecule has 22 heavy (non-hydrogen) atoms. The van der Waals surface area contributed by atoms with Gasteiger partial charge in [0, 0.05) is 30.5 Å². The molecule has 7 heteroatoms. The molecule has 2 rings (SSSR count). The minimum Gasteiger partial charge on any atom is -0.482 e. The maximum Gasteiger partial charge on any atom is 0.258 e. The minimum atomic E-state index is -0.223. The molecule has 1 aromatic carbocycles. The van der Waals surface area contributed by atoms with Crippen LogP contribution in [-0.2, 0) is 4.79 Å². The highest BCUT2D eigenvalue weighted by Crippen LogP contribution is 2.27. The van der Waals surface area contributed by atoms with Crippen LogP contribution in [-0.4, -0.2) is 30.6 Å². The number of benzene rings is 1. The fraction of sp³-hybridized carbons (Fsp3) is 0.200. The van der Waals surface area contributed by atoms with Crippen LogP contribution < -0.4 is 15.4 Å². The number of nitrogens with one attached hydrogen (secondary N) is 2. The number of carbonyl (C=O) groups excluding carboxylic acids is 1. The first kappa shape index (κ1) is 16.4. The summed E-state index contributed by atoms with van der Waals surface area (Å²) >= 11 is 11.7. The molecule has 1 heterocycles. The summed E-state index contributed by atoms with van der Waals surface area (Å²) in [5.41, 5.74) is 0.904. The van der Waals surface area contributed by atoms with Crippen molar-refractivity contribution in [2.24, 2.45) is 0 Å². The smallest absolute Gasteiger partial charge is 0.258 e. The Hall–Kier alpha value is -1.98. The number of anilines is 1. The number of ether oxygens (including phenoxy) is 1. The van der Waals surface area contributed by atoms with Gasteiger partial charge in [-0.1, -0.05) is 23.2 Å². The zero-order valence-electron chi connectivity index (χ0n) is 11.7. The number of hydrogen-bond donors (Lipinski definition) is 2. The topological polar surface area (TPSA) is 63.2 Å². The molecule has 5 nitrogen and oxygen atoms in total. The highest BCUT2D eigenvalue weighted by molar-refractivity contribution is 6.35. The third kappa shape index (κ3) is 5.42. The number of hydrogen-bond acceptors (Lipinski definition) is 4. The molecule has 0 saturated carbocycles. The average molecular weight is 340 g/mol. The van der Waals surface area contributed by atoms with Crippen molar-refractivity contribution in [2.45, 2.75) is 0 Å². The first-order valence-corrected chi connectivity index (χ1v) is 7.39. The number of amides is 1. The maximum absolute atomic E-state index is 11.7. The van der Waals surface area contributed by atoms with E-state index in [0.29, 0.717) is 28.9 Å². The van der Waals surface area contributed by atoms with E-state index < -0.39 is 0 Å². The zero-order valence-corrected chi connectivity index (χ0v) is 13.2. The van der Waals surface area contributed by atoms with Gasteiger partial charge in [-0.2, -0.15) is 0 Å². The summed E-state index contributed by atoms with van der Waals surface area (Å²) in [7, 11) is 0. The van der Waals surface area contributed by atoms with Gasteiger partial charge in [0.1, 0.15) is 5.75 Å². The van der Waals surface area contributed by atoms with Crippen LogP contribution in [0.5, 0.6) is 5.75 Å². The van der Waals surface area contributed by atoms with Crippen molar-refractivity contribution in [3.8, 4) is 5.75 Å². The minimum absolute atomic E-state index is 0.103. The summed E-state index contributed by atoms with van der Waals surface area (Å²) in [5, 5.41) is 6.76. The number of halogens is 2. The Morgan fingerprint density at radius 3 is 2.82 bits per heavy atom. The van der Waals surface area contributed by atoms with Crippen LogP contribution in [0.15, 0.2) is 42.7 Å². The van der Waals surface area contributed by atoms with Crippen LogP contribution in [0.3, 0.4) is 0 Å². The van der Waals surface area contributed by atoms with Gasteiger partial charge < -0.3 is 15.4 Å². The second-order valence-corrected chi connectivity index (χ2v) is 5.23. The van der Waals surface area contributed by atoms with E-state index in [1.165, 1.54) is 0 Å². The average Bonchev–Trinajstić information content (AvgIpc) is 2.52. The molecule has 116 valence electrons. The number of carbonyl (C=O) groups is 1. The summed E-state index contributed by atoms with van der Waals surface area (Å²) in [6.45, 7) is 0.971. The second-order valence-electron chi connectivity index (χ2n) is 4.38. The molecule has 0 unspecified atom stereocenters. The van der Waals surface area contributed by atoms with E-state index in [1.54, 1.807) is 30.6 Å². The fourth-order valence-electron chi connectivity index (χ4n) is 1.66. The molecule has 0 saturated heterocycles. The van der Waals surface area contributed by atoms with Crippen LogP contribution >= 0.6 is 23.2 Å². The Labute approximate surface area is 138 Å². The van der Waals surface area contributed by atoms with Gasteiger partial charge >= 0.3 is 0 Å². The van der Waals surface area contributed by atoms with Crippen molar-refractivity contribution >= 4 is 34.8 Å². The molecule has 0 atom stereocenters. The van der Waals surface area contributed by atoms with Gasteiger partial charge in [-0.15, -0.1) is 0 Å². The van der Waals surface area contributed by atoms with Gasteiger partial charge in [0.15, 0.2) is 6.61 Å². The Balaban J connectivity index is 1.65. The second kappa shape index (κ2) is 8.46. The van der Waals surface area contributed by atoms with Gasteiger partial charge in [0.05, 0.1) is 10.7 Å². The monoisotopic (exact) mass is 339 g/mol. The van der Waals surface area contributed by atoms with Crippen molar-refractivity contribution in [1.82, 2.24) is 10.3 Å². The third-order valence-corrected chi connectivity index (χ3v) is 3.22. The Morgan fingerprint density at radius 2 is 2.09 bits per heavy atom. The van der Waals surface area contributed by atoms with Crippen molar-refractivity contribution in [3.63, 3.8) is 0 Å². The Kier molecular flexibility index (Phi) is 6.30. The van der Waals surface area contributed by atoms with E-state index in [2.05, 4.69) is 15.6 Å². The summed E-state index contributed by atoms with van der Waals surface area (Å²) in [5.74, 6) is 0.203. The van der Waals surface area contributed by atoms with Crippen LogP contribution in [0.1, 0.15) is 0 Å². The summed E-state index contributed by atoms with van der Waals surface area (Å²) in [4.78, 5) is 15.6. The molecule has 0 aliphatic carbocycles. The molecule has 0 radical (unpaired) electrons. The SMILES string of the molecule is O=C(COc1ccc(Cl)cc1Cl)NCCNc1cccnc1. The quantitative estimate of drug-likeness (QED) is 0.761. The predicted octanol–water partition coefficient (Wildman–Crippen LogP) is 3.00. The van der Waals surface area contributed by atoms with Crippen LogP contribution in [0, 0.1) is 0 Å². The molecular formula is C15H15Cl2N3O2. The lowest BCUT2D eigenvalue weighted by Gasteiger charge is -2.10. The number of nitrogens with zero attached hydrogens (tertiary/aromatic N) is 1. The molecule has 0 bridgehead atoms. The fourth-order valence-corrected chi connectivity index (χ4v) is 2.13. The van der Waals surface area contributed by atoms with Crippen molar-refractivity contribution < 1.29 is 9.53 Å². The number of pyridine rings is 1. The van der Waals surface area contributed by atoms with Crippen molar-refractivity contribution in [2.75, 3.05) is 25.0 Å². The maximum atomic E-state index is 11.7. The highest BCUT2D eigenvalue weighted by atomic mass is 35.5. The summed E-state index contributed by atoms with van der Waals surface area (Å²) in [6.07, 6.45) is 3.42. The van der Waals surface area contributed by atoms with Gasteiger partial charge in [-0.25, -0.2) is 0 Å². The van der Waals surface area contributed by atoms with E-state index in [-0.39, 0.29) is 12.5 Å². The summed E-state index contributed by atoms with van der Waals surface area (Å²) < 4.78 is 5.34. The van der Waals surface area contributed by atoms with Crippen LogP contribution in [0.25, 0.3) is 0 Å². The number of rotatable bonds is 7. The van der Waals surface area contributed by atoms with E-state index in [9.17, 15) is 4.79 Å².